The standard InChI is InChI=1S/C25H27N5O2S/c1-2-18-12-20(24-10-3-6-19-7-5-11-26-25(19)24)14-23(13-18)33(31,32)29-21-8-4-9-22(15-21)30-16-27-28-17-30/h3,5-7,10-14,16-17,21-22,29H,2,4,8-9,15H2,1H3. The van der Waals surface area contributed by atoms with Crippen molar-refractivity contribution in [2.24, 2.45) is 0 Å². The van der Waals surface area contributed by atoms with Gasteiger partial charge in [-0.3, -0.25) is 4.98 Å². The van der Waals surface area contributed by atoms with Gasteiger partial charge in [-0.2, -0.15) is 0 Å². The second-order valence-electron chi connectivity index (χ2n) is 8.65. The molecule has 2 atom stereocenters. The molecule has 1 aliphatic rings. The Hall–Kier alpha value is -3.10. The van der Waals surface area contributed by atoms with Crippen LogP contribution in [0.25, 0.3) is 22.0 Å². The Kier molecular flexibility index (Phi) is 5.95. The van der Waals surface area contributed by atoms with E-state index in [-0.39, 0.29) is 12.1 Å². The number of para-hydroxylation sites is 1. The topological polar surface area (TPSA) is 89.8 Å². The number of fused-ring (bicyclic) bond motifs is 1. The summed E-state index contributed by atoms with van der Waals surface area (Å²) in [5, 5.41) is 8.82. The molecule has 0 radical (unpaired) electrons. The zero-order valence-electron chi connectivity index (χ0n) is 18.6. The van der Waals surface area contributed by atoms with Crippen LogP contribution in [0.1, 0.15) is 44.2 Å². The van der Waals surface area contributed by atoms with Gasteiger partial charge in [-0.1, -0.05) is 37.3 Å². The molecule has 4 aromatic rings. The van der Waals surface area contributed by atoms with Crippen LogP contribution in [-0.4, -0.2) is 34.2 Å². The summed E-state index contributed by atoms with van der Waals surface area (Å²) in [5.74, 6) is 0. The summed E-state index contributed by atoms with van der Waals surface area (Å²) in [6, 6.07) is 15.6. The van der Waals surface area contributed by atoms with Crippen molar-refractivity contribution >= 4 is 20.9 Å². The molecule has 0 saturated heterocycles. The highest BCUT2D eigenvalue weighted by molar-refractivity contribution is 7.89. The lowest BCUT2D eigenvalue weighted by molar-refractivity contribution is 0.305. The van der Waals surface area contributed by atoms with Gasteiger partial charge in [0.05, 0.1) is 10.4 Å². The third-order valence-electron chi connectivity index (χ3n) is 6.46. The highest BCUT2D eigenvalue weighted by Gasteiger charge is 2.28. The van der Waals surface area contributed by atoms with E-state index in [4.69, 9.17) is 0 Å². The smallest absolute Gasteiger partial charge is 0.240 e. The average molecular weight is 462 g/mol. The monoisotopic (exact) mass is 461 g/mol. The van der Waals surface area contributed by atoms with E-state index in [2.05, 4.69) is 26.0 Å². The van der Waals surface area contributed by atoms with Crippen LogP contribution in [0.5, 0.6) is 0 Å². The zero-order chi connectivity index (χ0) is 22.8. The van der Waals surface area contributed by atoms with Crippen LogP contribution in [0.2, 0.25) is 0 Å². The van der Waals surface area contributed by atoms with Crippen molar-refractivity contribution in [1.82, 2.24) is 24.5 Å². The van der Waals surface area contributed by atoms with Gasteiger partial charge in [-0.05, 0) is 61.4 Å². The number of nitrogens with zero attached hydrogens (tertiary/aromatic N) is 4. The van der Waals surface area contributed by atoms with Gasteiger partial charge in [0.15, 0.2) is 0 Å². The molecule has 0 aliphatic heterocycles. The van der Waals surface area contributed by atoms with Crippen molar-refractivity contribution in [1.29, 1.82) is 0 Å². The number of benzene rings is 2. The lowest BCUT2D eigenvalue weighted by Gasteiger charge is -2.30. The molecule has 1 aliphatic carbocycles. The normalized spacial score (nSPS) is 19.1. The Labute approximate surface area is 193 Å². The van der Waals surface area contributed by atoms with Gasteiger partial charge >= 0.3 is 0 Å². The van der Waals surface area contributed by atoms with Gasteiger partial charge in [0.25, 0.3) is 0 Å². The number of rotatable bonds is 6. The molecule has 1 N–H and O–H groups in total. The second kappa shape index (κ2) is 9.03. The van der Waals surface area contributed by atoms with Gasteiger partial charge in [-0.15, -0.1) is 10.2 Å². The number of nitrogens with one attached hydrogen (secondary N) is 1. The van der Waals surface area contributed by atoms with Gasteiger partial charge < -0.3 is 4.57 Å². The van der Waals surface area contributed by atoms with Crippen LogP contribution in [0, 0.1) is 0 Å². The number of sulfonamides is 1. The summed E-state index contributed by atoms with van der Waals surface area (Å²) in [4.78, 5) is 4.86. The van der Waals surface area contributed by atoms with Crippen molar-refractivity contribution in [3.8, 4) is 11.1 Å². The van der Waals surface area contributed by atoms with Crippen molar-refractivity contribution in [2.45, 2.75) is 56.0 Å². The molecule has 2 aromatic carbocycles. The maximum absolute atomic E-state index is 13.5. The van der Waals surface area contributed by atoms with Crippen molar-refractivity contribution in [3.05, 3.63) is 72.9 Å². The van der Waals surface area contributed by atoms with Gasteiger partial charge in [-0.25, -0.2) is 13.1 Å². The fraction of sp³-hybridized carbons (Fsp3) is 0.320. The summed E-state index contributed by atoms with van der Waals surface area (Å²) in [7, 11) is -3.68. The molecule has 8 heteroatoms. The summed E-state index contributed by atoms with van der Waals surface area (Å²) < 4.78 is 31.9. The molecular formula is C25H27N5O2S. The van der Waals surface area contributed by atoms with E-state index in [0.29, 0.717) is 4.90 Å². The van der Waals surface area contributed by atoms with Crippen LogP contribution in [-0.2, 0) is 16.4 Å². The fourth-order valence-corrected chi connectivity index (χ4v) is 6.12. The largest absolute Gasteiger partial charge is 0.317 e. The SMILES string of the molecule is CCc1cc(-c2cccc3cccnc23)cc(S(=O)(=O)NC2CCCC(n3cnnc3)C2)c1. The van der Waals surface area contributed by atoms with E-state index in [1.807, 2.05) is 41.8 Å². The minimum atomic E-state index is -3.68. The Bertz CT molecular complexity index is 1360. The van der Waals surface area contributed by atoms with Gasteiger partial charge in [0, 0.05) is 29.2 Å². The molecular weight excluding hydrogens is 434 g/mol. The van der Waals surface area contributed by atoms with Crippen LogP contribution < -0.4 is 4.72 Å². The fourth-order valence-electron chi connectivity index (χ4n) is 4.74. The lowest BCUT2D eigenvalue weighted by Crippen LogP contribution is -2.38. The maximum atomic E-state index is 13.5. The van der Waals surface area contributed by atoms with Crippen LogP contribution in [0.3, 0.4) is 0 Å². The van der Waals surface area contributed by atoms with Crippen molar-refractivity contribution in [3.63, 3.8) is 0 Å². The average Bonchev–Trinajstić information content (AvgIpc) is 3.38. The van der Waals surface area contributed by atoms with E-state index in [9.17, 15) is 8.42 Å². The number of hydrogen-bond acceptors (Lipinski definition) is 5. The molecule has 1 saturated carbocycles. The van der Waals surface area contributed by atoms with Crippen LogP contribution in [0.15, 0.2) is 72.3 Å². The lowest BCUT2D eigenvalue weighted by atomic mass is 9.91. The van der Waals surface area contributed by atoms with E-state index in [1.165, 1.54) is 0 Å². The predicted molar refractivity (Wildman–Crippen MR) is 128 cm³/mol. The number of hydrogen-bond donors (Lipinski definition) is 1. The molecule has 2 heterocycles. The quantitative estimate of drug-likeness (QED) is 0.456. The second-order valence-corrected chi connectivity index (χ2v) is 10.4. The van der Waals surface area contributed by atoms with Gasteiger partial charge in [0.1, 0.15) is 12.7 Å². The van der Waals surface area contributed by atoms with E-state index >= 15 is 0 Å². The number of aryl methyl sites for hydroxylation is 1. The molecule has 1 fully saturated rings. The third-order valence-corrected chi connectivity index (χ3v) is 7.96. The van der Waals surface area contributed by atoms with Crippen molar-refractivity contribution < 1.29 is 8.42 Å². The number of pyridine rings is 1. The molecule has 0 bridgehead atoms. The van der Waals surface area contributed by atoms with E-state index < -0.39 is 10.0 Å². The molecule has 33 heavy (non-hydrogen) atoms. The molecule has 0 amide bonds. The highest BCUT2D eigenvalue weighted by Crippen LogP contribution is 2.32. The first-order valence-electron chi connectivity index (χ1n) is 11.4. The molecule has 0 spiro atoms. The Morgan fingerprint density at radius 1 is 1.06 bits per heavy atom. The summed E-state index contributed by atoms with van der Waals surface area (Å²) >= 11 is 0. The number of aromatic nitrogens is 4. The Morgan fingerprint density at radius 2 is 1.88 bits per heavy atom. The van der Waals surface area contributed by atoms with Crippen molar-refractivity contribution in [2.75, 3.05) is 0 Å². The first-order chi connectivity index (χ1) is 16.0. The summed E-state index contributed by atoms with van der Waals surface area (Å²) in [6.07, 6.45) is 9.43. The minimum absolute atomic E-state index is 0.121. The van der Waals surface area contributed by atoms with Crippen LogP contribution >= 0.6 is 0 Å². The maximum Gasteiger partial charge on any atom is 0.240 e. The predicted octanol–water partition coefficient (Wildman–Crippen LogP) is 4.52. The first-order valence-corrected chi connectivity index (χ1v) is 12.9. The minimum Gasteiger partial charge on any atom is -0.317 e. The highest BCUT2D eigenvalue weighted by atomic mass is 32.2. The van der Waals surface area contributed by atoms with Gasteiger partial charge in [0.2, 0.25) is 10.0 Å². The zero-order valence-corrected chi connectivity index (χ0v) is 19.4. The van der Waals surface area contributed by atoms with E-state index in [1.54, 1.807) is 31.0 Å². The molecule has 170 valence electrons. The molecule has 2 unspecified atom stereocenters. The Morgan fingerprint density at radius 3 is 2.70 bits per heavy atom. The molecule has 5 rings (SSSR count). The first kappa shape index (κ1) is 21.7. The summed E-state index contributed by atoms with van der Waals surface area (Å²) in [5.41, 5.74) is 3.65. The van der Waals surface area contributed by atoms with Crippen LogP contribution in [0.4, 0.5) is 0 Å². The third kappa shape index (κ3) is 4.54. The molecule has 7 nitrogen and oxygen atoms in total. The Balaban J connectivity index is 1.47. The summed E-state index contributed by atoms with van der Waals surface area (Å²) in [6.45, 7) is 2.04. The van der Waals surface area contributed by atoms with E-state index in [0.717, 1.165) is 59.7 Å². The molecule has 2 aromatic heterocycles.